The van der Waals surface area contributed by atoms with Crippen LogP contribution in [0.5, 0.6) is 11.5 Å². The second-order valence-electron chi connectivity index (χ2n) is 6.63. The number of hydrogen-bond acceptors (Lipinski definition) is 5. The molecule has 3 atom stereocenters. The molecule has 24 heavy (non-hydrogen) atoms. The van der Waals surface area contributed by atoms with Gasteiger partial charge in [0.05, 0.1) is 33.5 Å². The summed E-state index contributed by atoms with van der Waals surface area (Å²) in [5.41, 5.74) is 0.994. The van der Waals surface area contributed by atoms with Gasteiger partial charge in [0.25, 0.3) is 0 Å². The van der Waals surface area contributed by atoms with Crippen molar-refractivity contribution >= 4 is 0 Å². The van der Waals surface area contributed by atoms with Gasteiger partial charge in [-0.1, -0.05) is 25.8 Å². The molecular formula is C19H31NO4. The number of ether oxygens (including phenoxy) is 3. The average molecular weight is 337 g/mol. The number of aliphatic hydroxyl groups excluding tert-OH is 1. The van der Waals surface area contributed by atoms with Crippen molar-refractivity contribution in [1.82, 2.24) is 5.32 Å². The van der Waals surface area contributed by atoms with Gasteiger partial charge in [-0.05, 0) is 36.5 Å². The number of hydrogen-bond donors (Lipinski definition) is 2. The highest BCUT2D eigenvalue weighted by Crippen LogP contribution is 2.27. The summed E-state index contributed by atoms with van der Waals surface area (Å²) < 4.78 is 16.1. The molecule has 0 bridgehead atoms. The zero-order valence-corrected chi connectivity index (χ0v) is 15.1. The Morgan fingerprint density at radius 3 is 2.62 bits per heavy atom. The molecule has 1 fully saturated rings. The Bertz CT molecular complexity index is 494. The molecule has 1 saturated carbocycles. The number of aliphatic hydroxyl groups is 1. The highest BCUT2D eigenvalue weighted by molar-refractivity contribution is 5.42. The van der Waals surface area contributed by atoms with E-state index < -0.39 is 6.10 Å². The van der Waals surface area contributed by atoms with Crippen LogP contribution in [-0.2, 0) is 11.3 Å². The van der Waals surface area contributed by atoms with Crippen molar-refractivity contribution in [3.8, 4) is 11.5 Å². The first-order chi connectivity index (χ1) is 11.6. The molecule has 5 heteroatoms. The fourth-order valence-electron chi connectivity index (χ4n) is 3.25. The molecule has 0 radical (unpaired) electrons. The molecule has 5 nitrogen and oxygen atoms in total. The van der Waals surface area contributed by atoms with Crippen molar-refractivity contribution in [2.24, 2.45) is 5.92 Å². The van der Waals surface area contributed by atoms with E-state index in [9.17, 15) is 5.11 Å². The maximum absolute atomic E-state index is 10.1. The van der Waals surface area contributed by atoms with Crippen LogP contribution in [0.1, 0.15) is 38.2 Å². The summed E-state index contributed by atoms with van der Waals surface area (Å²) in [7, 11) is 3.23. The van der Waals surface area contributed by atoms with Gasteiger partial charge in [-0.25, -0.2) is 0 Å². The molecule has 0 spiro atoms. The van der Waals surface area contributed by atoms with Crippen LogP contribution in [0.25, 0.3) is 0 Å². The van der Waals surface area contributed by atoms with Crippen LogP contribution in [0.4, 0.5) is 0 Å². The Balaban J connectivity index is 1.69. The first-order valence-electron chi connectivity index (χ1n) is 8.84. The Kier molecular flexibility index (Phi) is 7.82. The maximum Gasteiger partial charge on any atom is 0.161 e. The van der Waals surface area contributed by atoms with E-state index in [-0.39, 0.29) is 0 Å². The van der Waals surface area contributed by atoms with Crippen molar-refractivity contribution < 1.29 is 19.3 Å². The van der Waals surface area contributed by atoms with Crippen LogP contribution in [0.2, 0.25) is 0 Å². The second-order valence-corrected chi connectivity index (χ2v) is 6.63. The first kappa shape index (κ1) is 19.0. The molecule has 136 valence electrons. The third-order valence-electron chi connectivity index (χ3n) is 4.75. The lowest BCUT2D eigenvalue weighted by atomic mass is 9.86. The van der Waals surface area contributed by atoms with Crippen molar-refractivity contribution in [2.45, 2.75) is 51.4 Å². The van der Waals surface area contributed by atoms with Crippen LogP contribution < -0.4 is 14.8 Å². The number of methoxy groups -OCH3 is 2. The van der Waals surface area contributed by atoms with Crippen molar-refractivity contribution in [2.75, 3.05) is 27.4 Å². The highest BCUT2D eigenvalue weighted by atomic mass is 16.5. The van der Waals surface area contributed by atoms with Crippen LogP contribution >= 0.6 is 0 Å². The molecule has 0 aromatic heterocycles. The Hall–Kier alpha value is -1.30. The quantitative estimate of drug-likeness (QED) is 0.725. The lowest BCUT2D eigenvalue weighted by Gasteiger charge is -2.30. The first-order valence-corrected chi connectivity index (χ1v) is 8.84. The van der Waals surface area contributed by atoms with E-state index in [0.29, 0.717) is 43.2 Å². The lowest BCUT2D eigenvalue weighted by molar-refractivity contribution is 0.0259. The van der Waals surface area contributed by atoms with Gasteiger partial charge < -0.3 is 24.6 Å². The van der Waals surface area contributed by atoms with E-state index in [2.05, 4.69) is 12.2 Å². The molecule has 1 aliphatic rings. The predicted molar refractivity (Wildman–Crippen MR) is 94.6 cm³/mol. The van der Waals surface area contributed by atoms with Crippen LogP contribution in [0, 0.1) is 5.92 Å². The van der Waals surface area contributed by atoms with E-state index in [0.717, 1.165) is 5.56 Å². The van der Waals surface area contributed by atoms with Gasteiger partial charge in [-0.2, -0.15) is 0 Å². The summed E-state index contributed by atoms with van der Waals surface area (Å²) in [6, 6.07) is 6.22. The molecule has 0 heterocycles. The normalized spacial score (nSPS) is 22.2. The molecule has 0 saturated heterocycles. The minimum Gasteiger partial charge on any atom is -0.493 e. The smallest absolute Gasteiger partial charge is 0.161 e. The molecule has 0 amide bonds. The third-order valence-corrected chi connectivity index (χ3v) is 4.75. The monoisotopic (exact) mass is 337 g/mol. The van der Waals surface area contributed by atoms with E-state index >= 15 is 0 Å². The summed E-state index contributed by atoms with van der Waals surface area (Å²) in [4.78, 5) is 0. The summed E-state index contributed by atoms with van der Waals surface area (Å²) in [6.45, 7) is 3.64. The van der Waals surface area contributed by atoms with Crippen LogP contribution in [0.15, 0.2) is 18.2 Å². The van der Waals surface area contributed by atoms with Gasteiger partial charge in [0.2, 0.25) is 0 Å². The summed E-state index contributed by atoms with van der Waals surface area (Å²) in [6.07, 6.45) is 4.62. The number of nitrogens with one attached hydrogen (secondary N) is 1. The van der Waals surface area contributed by atoms with Gasteiger partial charge in [0.1, 0.15) is 0 Å². The van der Waals surface area contributed by atoms with Crippen molar-refractivity contribution in [3.63, 3.8) is 0 Å². The molecule has 0 aliphatic heterocycles. The molecule has 2 N–H and O–H groups in total. The summed E-state index contributed by atoms with van der Waals surface area (Å²) >= 11 is 0. The summed E-state index contributed by atoms with van der Waals surface area (Å²) in [5, 5.41) is 13.6. The van der Waals surface area contributed by atoms with E-state index in [1.54, 1.807) is 14.2 Å². The van der Waals surface area contributed by atoms with Gasteiger partial charge >= 0.3 is 0 Å². The average Bonchev–Trinajstić information content (AvgIpc) is 2.61. The van der Waals surface area contributed by atoms with Gasteiger partial charge in [-0.3, -0.25) is 0 Å². The van der Waals surface area contributed by atoms with Gasteiger partial charge in [0.15, 0.2) is 11.5 Å². The molecule has 2 rings (SSSR count). The summed E-state index contributed by atoms with van der Waals surface area (Å²) in [5.74, 6) is 2.08. The lowest BCUT2D eigenvalue weighted by Crippen LogP contribution is -2.42. The van der Waals surface area contributed by atoms with Gasteiger partial charge in [0, 0.05) is 12.6 Å². The zero-order valence-electron chi connectivity index (χ0n) is 15.1. The van der Waals surface area contributed by atoms with E-state index in [1.165, 1.54) is 25.7 Å². The van der Waals surface area contributed by atoms with E-state index in [1.807, 2.05) is 18.2 Å². The van der Waals surface area contributed by atoms with Crippen LogP contribution in [-0.4, -0.2) is 44.6 Å². The largest absolute Gasteiger partial charge is 0.493 e. The standard InChI is InChI=1S/C19H31NO4/c1-14-6-4-5-7-17(14)20-11-16(21)13-24-12-15-8-9-18(22-2)19(10-15)23-3/h8-10,14,16-17,20-21H,4-7,11-13H2,1-3H3/t14-,16-,17+/m1/s1. The molecule has 0 unspecified atom stereocenters. The van der Waals surface area contributed by atoms with Crippen molar-refractivity contribution in [3.05, 3.63) is 23.8 Å². The molecule has 1 aromatic carbocycles. The number of rotatable bonds is 9. The fraction of sp³-hybridized carbons (Fsp3) is 0.684. The zero-order chi connectivity index (χ0) is 17.4. The SMILES string of the molecule is COc1ccc(COC[C@H](O)CN[C@H]2CCCC[C@H]2C)cc1OC. The fourth-order valence-corrected chi connectivity index (χ4v) is 3.25. The maximum atomic E-state index is 10.1. The third kappa shape index (κ3) is 5.65. The molecule has 1 aliphatic carbocycles. The van der Waals surface area contributed by atoms with Crippen LogP contribution in [0.3, 0.4) is 0 Å². The Morgan fingerprint density at radius 2 is 1.92 bits per heavy atom. The van der Waals surface area contributed by atoms with E-state index in [4.69, 9.17) is 14.2 Å². The second kappa shape index (κ2) is 9.87. The number of benzene rings is 1. The molecule has 1 aromatic rings. The minimum atomic E-state index is -0.487. The topological polar surface area (TPSA) is 60.0 Å². The van der Waals surface area contributed by atoms with Gasteiger partial charge in [-0.15, -0.1) is 0 Å². The minimum absolute atomic E-state index is 0.322. The highest BCUT2D eigenvalue weighted by Gasteiger charge is 2.21. The molecular weight excluding hydrogens is 306 g/mol. The Morgan fingerprint density at radius 1 is 1.17 bits per heavy atom. The Labute approximate surface area is 145 Å². The predicted octanol–water partition coefficient (Wildman–Crippen LogP) is 2.75. The van der Waals surface area contributed by atoms with Crippen molar-refractivity contribution in [1.29, 1.82) is 0 Å².